The molecule has 164 valence electrons. The van der Waals surface area contributed by atoms with Gasteiger partial charge in [-0.1, -0.05) is 12.1 Å². The zero-order valence-electron chi connectivity index (χ0n) is 18.0. The minimum atomic E-state index is -1.08. The predicted molar refractivity (Wildman–Crippen MR) is 109 cm³/mol. The van der Waals surface area contributed by atoms with Crippen LogP contribution in [0.5, 0.6) is 0 Å². The molecule has 0 radical (unpaired) electrons. The van der Waals surface area contributed by atoms with Gasteiger partial charge in [0.2, 0.25) is 5.91 Å². The van der Waals surface area contributed by atoms with Crippen molar-refractivity contribution in [1.29, 1.82) is 0 Å². The maximum atomic E-state index is 13.4. The molecule has 0 unspecified atom stereocenters. The number of methoxy groups -OCH3 is 1. The number of carbonyl (C=O) groups excluding carboxylic acids is 3. The van der Waals surface area contributed by atoms with E-state index in [2.05, 4.69) is 10.6 Å². The molecule has 0 aromatic heterocycles. The molecule has 1 aliphatic heterocycles. The summed E-state index contributed by atoms with van der Waals surface area (Å²) >= 11 is 0. The van der Waals surface area contributed by atoms with E-state index in [1.807, 2.05) is 12.1 Å². The van der Waals surface area contributed by atoms with E-state index in [4.69, 9.17) is 14.2 Å². The van der Waals surface area contributed by atoms with Crippen molar-refractivity contribution in [3.8, 4) is 0 Å². The van der Waals surface area contributed by atoms with Crippen LogP contribution in [0.1, 0.15) is 62.4 Å². The van der Waals surface area contributed by atoms with Gasteiger partial charge < -0.3 is 24.8 Å². The second-order valence-corrected chi connectivity index (χ2v) is 8.93. The molecule has 0 atom stereocenters. The molecule has 1 saturated carbocycles. The van der Waals surface area contributed by atoms with Crippen molar-refractivity contribution in [3.05, 3.63) is 35.4 Å². The Bertz CT molecular complexity index is 802. The first-order chi connectivity index (χ1) is 14.1. The zero-order valence-corrected chi connectivity index (χ0v) is 18.0. The summed E-state index contributed by atoms with van der Waals surface area (Å²) in [5.74, 6) is -0.649. The summed E-state index contributed by atoms with van der Waals surface area (Å²) in [5, 5.41) is 5.95. The van der Waals surface area contributed by atoms with E-state index in [9.17, 15) is 14.4 Å². The molecule has 1 saturated heterocycles. The Morgan fingerprint density at radius 2 is 1.57 bits per heavy atom. The van der Waals surface area contributed by atoms with Crippen LogP contribution in [0.15, 0.2) is 24.3 Å². The van der Waals surface area contributed by atoms with Crippen LogP contribution in [0.2, 0.25) is 0 Å². The number of esters is 1. The van der Waals surface area contributed by atoms with Crippen molar-refractivity contribution in [2.75, 3.05) is 20.3 Å². The lowest BCUT2D eigenvalue weighted by molar-refractivity contribution is -0.132. The van der Waals surface area contributed by atoms with Gasteiger partial charge in [0.15, 0.2) is 0 Å². The van der Waals surface area contributed by atoms with Crippen LogP contribution < -0.4 is 10.6 Å². The number of hydrogen-bond donors (Lipinski definition) is 2. The molecule has 1 aromatic carbocycles. The van der Waals surface area contributed by atoms with Crippen molar-refractivity contribution in [1.82, 2.24) is 10.6 Å². The molecule has 1 heterocycles. The SMILES string of the molecule is COC(=O)c1ccc(C2(NC(=O)C3(NC(=O)OC(C)(C)C)CCOCC3)CC2)cc1. The fourth-order valence-corrected chi connectivity index (χ4v) is 3.62. The summed E-state index contributed by atoms with van der Waals surface area (Å²) in [6.45, 7) is 6.09. The molecule has 2 fully saturated rings. The van der Waals surface area contributed by atoms with E-state index in [-0.39, 0.29) is 5.91 Å². The van der Waals surface area contributed by atoms with E-state index in [0.717, 1.165) is 18.4 Å². The Balaban J connectivity index is 1.75. The Hall–Kier alpha value is -2.61. The quantitative estimate of drug-likeness (QED) is 0.713. The average molecular weight is 418 g/mol. The Labute approximate surface area is 176 Å². The summed E-state index contributed by atoms with van der Waals surface area (Å²) in [7, 11) is 1.34. The number of rotatable bonds is 5. The van der Waals surface area contributed by atoms with Gasteiger partial charge in [-0.3, -0.25) is 4.79 Å². The van der Waals surface area contributed by atoms with E-state index in [0.29, 0.717) is 31.6 Å². The first-order valence-corrected chi connectivity index (χ1v) is 10.2. The lowest BCUT2D eigenvalue weighted by Gasteiger charge is -2.38. The summed E-state index contributed by atoms with van der Waals surface area (Å²) in [5.41, 5.74) is -0.861. The monoisotopic (exact) mass is 418 g/mol. The molecule has 3 rings (SSSR count). The van der Waals surface area contributed by atoms with Gasteiger partial charge >= 0.3 is 12.1 Å². The third-order valence-electron chi connectivity index (χ3n) is 5.48. The number of hydrogen-bond acceptors (Lipinski definition) is 6. The first kappa shape index (κ1) is 22.1. The van der Waals surface area contributed by atoms with Crippen LogP contribution in [0.25, 0.3) is 0 Å². The number of amides is 2. The average Bonchev–Trinajstić information content (AvgIpc) is 3.47. The Kier molecular flexibility index (Phi) is 6.08. The van der Waals surface area contributed by atoms with Crippen molar-refractivity contribution >= 4 is 18.0 Å². The number of nitrogens with one attached hydrogen (secondary N) is 2. The lowest BCUT2D eigenvalue weighted by atomic mass is 9.88. The topological polar surface area (TPSA) is 103 Å². The minimum absolute atomic E-state index is 0.244. The molecular weight excluding hydrogens is 388 g/mol. The van der Waals surface area contributed by atoms with Gasteiger partial charge in [-0.2, -0.15) is 0 Å². The summed E-state index contributed by atoms with van der Waals surface area (Å²) in [6.07, 6.45) is 1.70. The molecule has 0 spiro atoms. The van der Waals surface area contributed by atoms with Crippen LogP contribution in [-0.4, -0.2) is 49.4 Å². The summed E-state index contributed by atoms with van der Waals surface area (Å²) < 4.78 is 15.5. The smallest absolute Gasteiger partial charge is 0.408 e. The predicted octanol–water partition coefficient (Wildman–Crippen LogP) is 2.65. The van der Waals surface area contributed by atoms with Gasteiger partial charge in [0.05, 0.1) is 18.2 Å². The molecule has 2 amide bonds. The highest BCUT2D eigenvalue weighted by Crippen LogP contribution is 2.46. The van der Waals surface area contributed by atoms with Gasteiger partial charge in [0.25, 0.3) is 0 Å². The molecule has 8 heteroatoms. The van der Waals surface area contributed by atoms with Crippen LogP contribution in [0.4, 0.5) is 4.79 Å². The molecular formula is C22H30N2O6. The molecule has 30 heavy (non-hydrogen) atoms. The van der Waals surface area contributed by atoms with Gasteiger partial charge in [0.1, 0.15) is 11.1 Å². The van der Waals surface area contributed by atoms with Gasteiger partial charge in [-0.15, -0.1) is 0 Å². The first-order valence-electron chi connectivity index (χ1n) is 10.2. The highest BCUT2D eigenvalue weighted by Gasteiger charge is 2.51. The second kappa shape index (κ2) is 8.26. The molecule has 2 aliphatic rings. The highest BCUT2D eigenvalue weighted by molar-refractivity contribution is 5.91. The fraction of sp³-hybridized carbons (Fsp3) is 0.591. The van der Waals surface area contributed by atoms with E-state index < -0.39 is 28.7 Å². The van der Waals surface area contributed by atoms with Crippen LogP contribution in [0, 0.1) is 0 Å². The third kappa shape index (κ3) is 4.92. The minimum Gasteiger partial charge on any atom is -0.465 e. The molecule has 0 bridgehead atoms. The second-order valence-electron chi connectivity index (χ2n) is 8.93. The molecule has 8 nitrogen and oxygen atoms in total. The van der Waals surface area contributed by atoms with Crippen molar-refractivity contribution in [3.63, 3.8) is 0 Å². The normalized spacial score (nSPS) is 19.3. The standard InChI is InChI=1S/C22H30N2O6/c1-20(2,3)30-19(27)24-22(11-13-29-14-12-22)18(26)23-21(9-10-21)16-7-5-15(6-8-16)17(25)28-4/h5-8H,9-14H2,1-4H3,(H,23,26)(H,24,27). The Morgan fingerprint density at radius 1 is 0.967 bits per heavy atom. The van der Waals surface area contributed by atoms with Crippen molar-refractivity contribution in [2.24, 2.45) is 0 Å². The van der Waals surface area contributed by atoms with Crippen LogP contribution in [0.3, 0.4) is 0 Å². The van der Waals surface area contributed by atoms with Crippen molar-refractivity contribution < 1.29 is 28.6 Å². The van der Waals surface area contributed by atoms with Gasteiger partial charge in [-0.05, 0) is 51.3 Å². The largest absolute Gasteiger partial charge is 0.465 e. The number of alkyl carbamates (subject to hydrolysis) is 1. The maximum absolute atomic E-state index is 13.4. The summed E-state index contributed by atoms with van der Waals surface area (Å²) in [4.78, 5) is 37.4. The third-order valence-corrected chi connectivity index (χ3v) is 5.48. The maximum Gasteiger partial charge on any atom is 0.408 e. The van der Waals surface area contributed by atoms with E-state index in [1.165, 1.54) is 7.11 Å². The zero-order chi connectivity index (χ0) is 22.0. The fourth-order valence-electron chi connectivity index (χ4n) is 3.62. The van der Waals surface area contributed by atoms with Crippen molar-refractivity contribution in [2.45, 2.75) is 63.1 Å². The molecule has 2 N–H and O–H groups in total. The molecule has 1 aliphatic carbocycles. The Morgan fingerprint density at radius 3 is 2.07 bits per heavy atom. The van der Waals surface area contributed by atoms with Crippen LogP contribution in [-0.2, 0) is 24.5 Å². The number of ether oxygens (including phenoxy) is 3. The van der Waals surface area contributed by atoms with E-state index >= 15 is 0 Å². The van der Waals surface area contributed by atoms with Gasteiger partial charge in [-0.25, -0.2) is 9.59 Å². The van der Waals surface area contributed by atoms with E-state index in [1.54, 1.807) is 32.9 Å². The highest BCUT2D eigenvalue weighted by atomic mass is 16.6. The lowest BCUT2D eigenvalue weighted by Crippen LogP contribution is -2.63. The van der Waals surface area contributed by atoms with Crippen LogP contribution >= 0.6 is 0 Å². The number of carbonyl (C=O) groups is 3. The number of benzene rings is 1. The molecule has 1 aromatic rings. The van der Waals surface area contributed by atoms with Gasteiger partial charge in [0, 0.05) is 26.1 Å². The summed E-state index contributed by atoms with van der Waals surface area (Å²) in [6, 6.07) is 7.04.